The van der Waals surface area contributed by atoms with Crippen LogP contribution in [-0.4, -0.2) is 12.6 Å². The number of rotatable bonds is 1. The van der Waals surface area contributed by atoms with Crippen LogP contribution in [0.5, 0.6) is 0 Å². The number of quaternary nitrogens is 1. The third-order valence-corrected chi connectivity index (χ3v) is 0.798. The molecule has 0 spiro atoms. The van der Waals surface area contributed by atoms with Crippen LogP contribution in [0.4, 0.5) is 0 Å². The average Bonchev–Trinajstić information content (AvgIpc) is 1.62. The van der Waals surface area contributed by atoms with Gasteiger partial charge in [0.25, 0.3) is 0 Å². The molecule has 0 bridgehead atoms. The number of hydroxylamine groups is 2. The predicted octanol–water partition coefficient (Wildman–Crippen LogP) is -0.271. The summed E-state index contributed by atoms with van der Waals surface area (Å²) in [7, 11) is 1.40. The van der Waals surface area contributed by atoms with Gasteiger partial charge in [-0.1, -0.05) is 0 Å². The monoisotopic (exact) mass is 119 g/mol. The first-order chi connectivity index (χ1) is 3.48. The minimum atomic E-state index is -0.352. The molecule has 0 saturated carbocycles. The van der Waals surface area contributed by atoms with E-state index in [0.717, 1.165) is 0 Å². The highest BCUT2D eigenvalue weighted by atomic mass is 16.9. The third-order valence-electron chi connectivity index (χ3n) is 0.798. The van der Waals surface area contributed by atoms with Gasteiger partial charge in [0.15, 0.2) is 0 Å². The normalized spacial score (nSPS) is 16.1. The van der Waals surface area contributed by atoms with Crippen LogP contribution in [0.3, 0.4) is 0 Å². The zero-order valence-electron chi connectivity index (χ0n) is 5.82. The fourth-order valence-corrected chi connectivity index (χ4v) is 0.306. The summed E-state index contributed by atoms with van der Waals surface area (Å²) < 4.78 is 0. The van der Waals surface area contributed by atoms with Crippen molar-refractivity contribution in [1.82, 2.24) is 0 Å². The maximum absolute atomic E-state index is 10.6. The molecular weight excluding hydrogens is 106 g/mol. The van der Waals surface area contributed by atoms with Crippen LogP contribution in [0.15, 0.2) is 0 Å². The highest BCUT2D eigenvalue weighted by Gasteiger charge is 2.17. The zero-order chi connectivity index (χ0) is 6.78. The summed E-state index contributed by atoms with van der Waals surface area (Å²) in [5.74, 6) is 0. The van der Waals surface area contributed by atoms with E-state index in [0.29, 0.717) is 0 Å². The van der Waals surface area contributed by atoms with Crippen molar-refractivity contribution >= 4 is 0 Å². The summed E-state index contributed by atoms with van der Waals surface area (Å²) in [5.41, 5.74) is -0.352. The van der Waals surface area contributed by atoms with Crippen LogP contribution in [0, 0.1) is 5.21 Å². The summed E-state index contributed by atoms with van der Waals surface area (Å²) >= 11 is 0. The van der Waals surface area contributed by atoms with Crippen molar-refractivity contribution < 1.29 is 10.1 Å². The Morgan fingerprint density at radius 1 is 1.38 bits per heavy atom. The molecule has 0 radical (unpaired) electrons. The van der Waals surface area contributed by atoms with Crippen molar-refractivity contribution in [2.45, 2.75) is 26.3 Å². The standard InChI is InChI=1S/C5H13NO2/c1-5(2,3)6(7)8-4/h6H,1-4H3. The van der Waals surface area contributed by atoms with Gasteiger partial charge in [0.2, 0.25) is 0 Å². The summed E-state index contributed by atoms with van der Waals surface area (Å²) in [6.07, 6.45) is 0. The topological polar surface area (TPSA) is 36.7 Å². The van der Waals surface area contributed by atoms with Gasteiger partial charge in [0, 0.05) is 0 Å². The maximum Gasteiger partial charge on any atom is 0.118 e. The molecule has 0 amide bonds. The molecule has 0 aromatic rings. The smallest absolute Gasteiger partial charge is 0.118 e. The minimum absolute atomic E-state index is 0.169. The maximum atomic E-state index is 10.6. The first-order valence-corrected chi connectivity index (χ1v) is 2.57. The molecule has 0 aromatic carbocycles. The van der Waals surface area contributed by atoms with Gasteiger partial charge in [-0.25, -0.2) is 10.1 Å². The van der Waals surface area contributed by atoms with E-state index in [-0.39, 0.29) is 10.8 Å². The lowest BCUT2D eigenvalue weighted by Gasteiger charge is -2.30. The van der Waals surface area contributed by atoms with Crippen molar-refractivity contribution in [1.29, 1.82) is 0 Å². The Labute approximate surface area is 49.8 Å². The Morgan fingerprint density at radius 2 is 1.75 bits per heavy atom. The molecule has 1 unspecified atom stereocenters. The van der Waals surface area contributed by atoms with Gasteiger partial charge in [-0.3, -0.25) is 0 Å². The van der Waals surface area contributed by atoms with Crippen LogP contribution in [0.25, 0.3) is 0 Å². The average molecular weight is 119 g/mol. The lowest BCUT2D eigenvalue weighted by atomic mass is 10.1. The van der Waals surface area contributed by atoms with Crippen LogP contribution in [-0.2, 0) is 4.84 Å². The Morgan fingerprint density at radius 3 is 1.75 bits per heavy atom. The predicted molar refractivity (Wildman–Crippen MR) is 31.1 cm³/mol. The molecule has 0 rings (SSSR count). The molecule has 1 atom stereocenters. The molecule has 3 heteroatoms. The molecule has 0 saturated heterocycles. The van der Waals surface area contributed by atoms with Crippen molar-refractivity contribution in [2.24, 2.45) is 0 Å². The van der Waals surface area contributed by atoms with E-state index in [9.17, 15) is 5.21 Å². The highest BCUT2D eigenvalue weighted by Crippen LogP contribution is 1.89. The van der Waals surface area contributed by atoms with Crippen molar-refractivity contribution in [3.8, 4) is 0 Å². The van der Waals surface area contributed by atoms with Crippen LogP contribution >= 0.6 is 0 Å². The second-order valence-electron chi connectivity index (χ2n) is 2.74. The Balaban J connectivity index is 3.62. The van der Waals surface area contributed by atoms with Gasteiger partial charge >= 0.3 is 0 Å². The fourth-order valence-electron chi connectivity index (χ4n) is 0.306. The molecule has 50 valence electrons. The first kappa shape index (κ1) is 7.88. The van der Waals surface area contributed by atoms with Crippen LogP contribution in [0.1, 0.15) is 20.8 Å². The Bertz CT molecular complexity index is 67.3. The number of hydrogen-bond donors (Lipinski definition) is 1. The van der Waals surface area contributed by atoms with E-state index < -0.39 is 0 Å². The zero-order valence-corrected chi connectivity index (χ0v) is 5.82. The molecule has 0 aliphatic heterocycles. The van der Waals surface area contributed by atoms with Gasteiger partial charge in [-0.05, 0) is 20.8 Å². The molecule has 8 heavy (non-hydrogen) atoms. The summed E-state index contributed by atoms with van der Waals surface area (Å²) in [6, 6.07) is 0. The lowest BCUT2D eigenvalue weighted by Crippen LogP contribution is -3.13. The number of nitrogens with one attached hydrogen (secondary N) is 1. The molecule has 0 aliphatic rings. The van der Waals surface area contributed by atoms with Crippen LogP contribution in [0.2, 0.25) is 0 Å². The van der Waals surface area contributed by atoms with E-state index in [4.69, 9.17) is 0 Å². The van der Waals surface area contributed by atoms with E-state index >= 15 is 0 Å². The van der Waals surface area contributed by atoms with Gasteiger partial charge in [-0.15, -0.1) is 0 Å². The SMILES string of the molecule is CO[NH+]([O-])C(C)(C)C. The van der Waals surface area contributed by atoms with Gasteiger partial charge < -0.3 is 5.21 Å². The van der Waals surface area contributed by atoms with Gasteiger partial charge in [-0.2, -0.15) is 0 Å². The summed E-state index contributed by atoms with van der Waals surface area (Å²) in [6.45, 7) is 5.45. The Hall–Kier alpha value is -0.120. The summed E-state index contributed by atoms with van der Waals surface area (Å²) in [5, 5.41) is 10.4. The highest BCUT2D eigenvalue weighted by molar-refractivity contribution is 4.52. The van der Waals surface area contributed by atoms with Crippen molar-refractivity contribution in [3.63, 3.8) is 0 Å². The van der Waals surface area contributed by atoms with Gasteiger partial charge in [0.05, 0.1) is 7.11 Å². The third kappa shape index (κ3) is 2.26. The van der Waals surface area contributed by atoms with E-state index in [1.165, 1.54) is 7.11 Å². The molecule has 0 aromatic heterocycles. The first-order valence-electron chi connectivity index (χ1n) is 2.57. The molecule has 0 fully saturated rings. The van der Waals surface area contributed by atoms with Gasteiger partial charge in [0.1, 0.15) is 5.54 Å². The molecule has 0 aliphatic carbocycles. The minimum Gasteiger partial charge on any atom is -0.599 e. The lowest BCUT2D eigenvalue weighted by molar-refractivity contribution is -1.08. The molecular formula is C5H13NO2. The quantitative estimate of drug-likeness (QED) is 0.482. The Kier molecular flexibility index (Phi) is 2.40. The van der Waals surface area contributed by atoms with Crippen LogP contribution < -0.4 is 5.23 Å². The second kappa shape index (κ2) is 2.44. The molecule has 1 N–H and O–H groups in total. The van der Waals surface area contributed by atoms with E-state index in [2.05, 4.69) is 4.84 Å². The van der Waals surface area contributed by atoms with Crippen molar-refractivity contribution in [3.05, 3.63) is 5.21 Å². The second-order valence-corrected chi connectivity index (χ2v) is 2.74. The van der Waals surface area contributed by atoms with Crippen molar-refractivity contribution in [2.75, 3.05) is 7.11 Å². The largest absolute Gasteiger partial charge is 0.599 e. The van der Waals surface area contributed by atoms with E-state index in [1.807, 2.05) is 20.8 Å². The number of hydrogen-bond acceptors (Lipinski definition) is 2. The molecule has 0 heterocycles. The fraction of sp³-hybridized carbons (Fsp3) is 1.00. The molecule has 3 nitrogen and oxygen atoms in total. The summed E-state index contributed by atoms with van der Waals surface area (Å²) in [4.78, 5) is 4.48. The van der Waals surface area contributed by atoms with E-state index in [1.54, 1.807) is 0 Å².